The Morgan fingerprint density at radius 2 is 1.89 bits per heavy atom. The topological polar surface area (TPSA) is 76.7 Å². The zero-order valence-corrected chi connectivity index (χ0v) is 12.1. The molecule has 2 amide bonds. The molecule has 1 aliphatic carbocycles. The van der Waals surface area contributed by atoms with E-state index in [0.29, 0.717) is 12.3 Å². The Hall–Kier alpha value is -1.30. The number of hydrogen-bond acceptors (Lipinski definition) is 4. The number of nitrogens with one attached hydrogen (secondary N) is 2. The van der Waals surface area contributed by atoms with Gasteiger partial charge in [-0.05, 0) is 39.5 Å². The maximum atomic E-state index is 11.5. The molecule has 2 N–H and O–H groups in total. The van der Waals surface area contributed by atoms with E-state index < -0.39 is 0 Å². The molecule has 0 spiro atoms. The van der Waals surface area contributed by atoms with Gasteiger partial charge in [0.2, 0.25) is 5.91 Å². The van der Waals surface area contributed by atoms with Crippen LogP contribution in [0.2, 0.25) is 0 Å². The molecule has 0 aromatic rings. The maximum Gasteiger partial charge on any atom is 0.407 e. The molecule has 6 nitrogen and oxygen atoms in total. The molecule has 1 fully saturated rings. The fourth-order valence-corrected chi connectivity index (χ4v) is 1.91. The van der Waals surface area contributed by atoms with Gasteiger partial charge in [0.05, 0.1) is 0 Å². The molecule has 0 aromatic carbocycles. The highest BCUT2D eigenvalue weighted by Crippen LogP contribution is 2.32. The molecule has 0 heterocycles. The average molecular weight is 272 g/mol. The second-order valence-electron chi connectivity index (χ2n) is 5.98. The van der Waals surface area contributed by atoms with E-state index in [0.717, 1.165) is 12.8 Å². The Balaban J connectivity index is 2.13. The Morgan fingerprint density at radius 1 is 1.26 bits per heavy atom. The molecule has 1 saturated carbocycles. The lowest BCUT2D eigenvalue weighted by Crippen LogP contribution is -2.45. The largest absolute Gasteiger partial charge is 0.446 e. The van der Waals surface area contributed by atoms with Crippen molar-refractivity contribution >= 4 is 12.0 Å². The molecule has 0 aromatic heterocycles. The molecule has 6 heteroatoms. The molecule has 0 atom stereocenters. The molecule has 0 unspecified atom stereocenters. The van der Waals surface area contributed by atoms with Crippen LogP contribution in [0.3, 0.4) is 0 Å². The number of rotatable bonds is 5. The minimum Gasteiger partial charge on any atom is -0.446 e. The summed E-state index contributed by atoms with van der Waals surface area (Å²) in [4.78, 5) is 22.9. The van der Waals surface area contributed by atoms with E-state index in [1.807, 2.05) is 20.8 Å². The lowest BCUT2D eigenvalue weighted by molar-refractivity contribution is -0.125. The fraction of sp³-hybridized carbons (Fsp3) is 0.846. The molecule has 19 heavy (non-hydrogen) atoms. The molecule has 1 aliphatic rings. The van der Waals surface area contributed by atoms with Gasteiger partial charge in [0.25, 0.3) is 0 Å². The number of alkyl carbamates (subject to hydrolysis) is 1. The third kappa shape index (κ3) is 6.42. The highest BCUT2D eigenvalue weighted by atomic mass is 16.6. The lowest BCUT2D eigenvalue weighted by atomic mass is 9.80. The SMILES string of the molecule is COCNC(=O)CC1CC(OC(=O)NC(C)(C)C)C1. The summed E-state index contributed by atoms with van der Waals surface area (Å²) in [6, 6.07) is 0. The Kier molecular flexibility index (Phi) is 5.60. The van der Waals surface area contributed by atoms with Crippen molar-refractivity contribution in [3.63, 3.8) is 0 Å². The van der Waals surface area contributed by atoms with Crippen molar-refractivity contribution in [3.05, 3.63) is 0 Å². The first-order valence-electron chi connectivity index (χ1n) is 6.54. The Bertz CT molecular complexity index is 319. The lowest BCUT2D eigenvalue weighted by Gasteiger charge is -2.35. The summed E-state index contributed by atoms with van der Waals surface area (Å²) >= 11 is 0. The van der Waals surface area contributed by atoms with Crippen LogP contribution in [0, 0.1) is 5.92 Å². The highest BCUT2D eigenvalue weighted by molar-refractivity contribution is 5.76. The summed E-state index contributed by atoms with van der Waals surface area (Å²) in [6.45, 7) is 5.94. The van der Waals surface area contributed by atoms with Gasteiger partial charge < -0.3 is 20.1 Å². The van der Waals surface area contributed by atoms with Gasteiger partial charge >= 0.3 is 6.09 Å². The van der Waals surface area contributed by atoms with Crippen molar-refractivity contribution in [1.82, 2.24) is 10.6 Å². The Morgan fingerprint density at radius 3 is 2.42 bits per heavy atom. The third-order valence-corrected chi connectivity index (χ3v) is 2.83. The monoisotopic (exact) mass is 272 g/mol. The Labute approximate surface area is 114 Å². The van der Waals surface area contributed by atoms with Crippen LogP contribution in [0.25, 0.3) is 0 Å². The van der Waals surface area contributed by atoms with Crippen LogP contribution in [-0.2, 0) is 14.3 Å². The van der Waals surface area contributed by atoms with Gasteiger partial charge in [0.15, 0.2) is 0 Å². The molecule has 0 aliphatic heterocycles. The van der Waals surface area contributed by atoms with E-state index in [1.165, 1.54) is 7.11 Å². The van der Waals surface area contributed by atoms with Crippen LogP contribution in [0.5, 0.6) is 0 Å². The van der Waals surface area contributed by atoms with Gasteiger partial charge in [0, 0.05) is 19.1 Å². The van der Waals surface area contributed by atoms with Crippen molar-refractivity contribution in [3.8, 4) is 0 Å². The summed E-state index contributed by atoms with van der Waals surface area (Å²) < 4.78 is 10.0. The first-order chi connectivity index (χ1) is 8.80. The molecule has 110 valence electrons. The molecule has 1 rings (SSSR count). The van der Waals surface area contributed by atoms with Crippen LogP contribution in [0.4, 0.5) is 4.79 Å². The van der Waals surface area contributed by atoms with Crippen LogP contribution in [0.1, 0.15) is 40.0 Å². The number of amides is 2. The van der Waals surface area contributed by atoms with Crippen LogP contribution in [0.15, 0.2) is 0 Å². The smallest absolute Gasteiger partial charge is 0.407 e. The summed E-state index contributed by atoms with van der Waals surface area (Å²) in [6.07, 6.45) is 1.50. The third-order valence-electron chi connectivity index (χ3n) is 2.83. The predicted molar refractivity (Wildman–Crippen MR) is 70.5 cm³/mol. The van der Waals surface area contributed by atoms with Gasteiger partial charge in [-0.15, -0.1) is 0 Å². The van der Waals surface area contributed by atoms with Crippen molar-refractivity contribution in [2.24, 2.45) is 5.92 Å². The quantitative estimate of drug-likeness (QED) is 0.742. The molecular formula is C13H24N2O4. The minimum absolute atomic E-state index is 0.0237. The number of carbonyl (C=O) groups is 2. The van der Waals surface area contributed by atoms with Crippen molar-refractivity contribution in [2.45, 2.75) is 51.7 Å². The second kappa shape index (κ2) is 6.75. The van der Waals surface area contributed by atoms with E-state index in [2.05, 4.69) is 10.6 Å². The summed E-state index contributed by atoms with van der Waals surface area (Å²) in [7, 11) is 1.53. The van der Waals surface area contributed by atoms with Crippen LogP contribution < -0.4 is 10.6 Å². The van der Waals surface area contributed by atoms with Gasteiger partial charge in [-0.25, -0.2) is 4.79 Å². The number of carbonyl (C=O) groups excluding carboxylic acids is 2. The first-order valence-corrected chi connectivity index (χ1v) is 6.54. The van der Waals surface area contributed by atoms with Gasteiger partial charge in [-0.1, -0.05) is 0 Å². The van der Waals surface area contributed by atoms with E-state index in [-0.39, 0.29) is 30.4 Å². The maximum absolute atomic E-state index is 11.5. The first kappa shape index (κ1) is 15.8. The number of ether oxygens (including phenoxy) is 2. The zero-order valence-electron chi connectivity index (χ0n) is 12.1. The normalized spacial score (nSPS) is 22.3. The van der Waals surface area contributed by atoms with E-state index in [9.17, 15) is 9.59 Å². The standard InChI is InChI=1S/C13H24N2O4/c1-13(2,3)15-12(17)19-10-5-9(6-10)7-11(16)14-8-18-4/h9-10H,5-8H2,1-4H3,(H,14,16)(H,15,17). The molecular weight excluding hydrogens is 248 g/mol. The van der Waals surface area contributed by atoms with Crippen molar-refractivity contribution < 1.29 is 19.1 Å². The second-order valence-corrected chi connectivity index (χ2v) is 5.98. The highest BCUT2D eigenvalue weighted by Gasteiger charge is 2.34. The summed E-state index contributed by atoms with van der Waals surface area (Å²) in [5, 5.41) is 5.38. The zero-order chi connectivity index (χ0) is 14.5. The van der Waals surface area contributed by atoms with Crippen LogP contribution >= 0.6 is 0 Å². The van der Waals surface area contributed by atoms with E-state index in [4.69, 9.17) is 9.47 Å². The van der Waals surface area contributed by atoms with E-state index in [1.54, 1.807) is 0 Å². The van der Waals surface area contributed by atoms with Crippen molar-refractivity contribution in [1.29, 1.82) is 0 Å². The number of hydrogen-bond donors (Lipinski definition) is 2. The summed E-state index contributed by atoms with van der Waals surface area (Å²) in [5.41, 5.74) is -0.291. The van der Waals surface area contributed by atoms with Gasteiger partial charge in [-0.2, -0.15) is 0 Å². The van der Waals surface area contributed by atoms with E-state index >= 15 is 0 Å². The predicted octanol–water partition coefficient (Wildman–Crippen LogP) is 1.40. The average Bonchev–Trinajstić information content (AvgIpc) is 2.20. The van der Waals surface area contributed by atoms with Gasteiger partial charge in [0.1, 0.15) is 12.8 Å². The molecule has 0 saturated heterocycles. The van der Waals surface area contributed by atoms with Gasteiger partial charge in [-0.3, -0.25) is 4.79 Å². The van der Waals surface area contributed by atoms with Crippen LogP contribution in [-0.4, -0.2) is 37.5 Å². The minimum atomic E-state index is -0.389. The fourth-order valence-electron chi connectivity index (χ4n) is 1.91. The molecule has 0 bridgehead atoms. The molecule has 0 radical (unpaired) electrons. The summed E-state index contributed by atoms with van der Waals surface area (Å²) in [5.74, 6) is 0.272. The number of methoxy groups -OCH3 is 1. The van der Waals surface area contributed by atoms with Crippen molar-refractivity contribution in [2.75, 3.05) is 13.8 Å².